The summed E-state index contributed by atoms with van der Waals surface area (Å²) in [6.07, 6.45) is 17.9. The lowest BCUT2D eigenvalue weighted by Crippen LogP contribution is -2.40. The summed E-state index contributed by atoms with van der Waals surface area (Å²) >= 11 is 0. The van der Waals surface area contributed by atoms with E-state index in [0.717, 1.165) is 12.8 Å². The fourth-order valence-electron chi connectivity index (χ4n) is 5.39. The van der Waals surface area contributed by atoms with Crippen molar-refractivity contribution in [1.29, 1.82) is 0 Å². The minimum Gasteiger partial charge on any atom is -0.481 e. The Morgan fingerprint density at radius 2 is 0.848 bits per heavy atom. The predicted molar refractivity (Wildman–Crippen MR) is 190 cm³/mol. The zero-order valence-corrected chi connectivity index (χ0v) is 31.5. The molecule has 0 aromatic carbocycles. The largest absolute Gasteiger partial charge is 0.481 e. The maximum atomic E-state index is 12.7. The second-order valence-corrected chi connectivity index (χ2v) is 16.9. The Balaban J connectivity index is 4.06. The van der Waals surface area contributed by atoms with Crippen molar-refractivity contribution in [1.82, 2.24) is 10.6 Å². The molecule has 0 aliphatic rings. The number of ether oxygens (including phenoxy) is 2. The minimum absolute atomic E-state index is 0.0347. The lowest BCUT2D eigenvalue weighted by atomic mass is 9.88. The third-order valence-electron chi connectivity index (χ3n) is 8.28. The molecule has 0 saturated heterocycles. The van der Waals surface area contributed by atoms with Gasteiger partial charge in [-0.1, -0.05) is 139 Å². The lowest BCUT2D eigenvalue weighted by Gasteiger charge is -2.30. The summed E-state index contributed by atoms with van der Waals surface area (Å²) in [5.41, 5.74) is -1.26. The number of rotatable bonds is 30. The summed E-state index contributed by atoms with van der Waals surface area (Å²) in [6.45, 7) is 21.0. The molecule has 0 radical (unpaired) electrons. The molecule has 0 rings (SSSR count). The normalized spacial score (nSPS) is 12.7. The summed E-state index contributed by atoms with van der Waals surface area (Å²) in [6, 6.07) is 0. The molecule has 0 spiro atoms. The smallest absolute Gasteiger partial charge is 0.303 e. The van der Waals surface area contributed by atoms with Gasteiger partial charge in [0.15, 0.2) is 0 Å². The summed E-state index contributed by atoms with van der Waals surface area (Å²) in [5.74, 6) is -0.754. The molecular weight excluding hydrogens is 580 g/mol. The van der Waals surface area contributed by atoms with Crippen molar-refractivity contribution in [3.63, 3.8) is 0 Å². The highest BCUT2D eigenvalue weighted by atomic mass is 16.5. The van der Waals surface area contributed by atoms with Crippen molar-refractivity contribution in [2.45, 2.75) is 165 Å². The number of carboxylic acid groups (broad SMARTS) is 1. The summed E-state index contributed by atoms with van der Waals surface area (Å²) in [7, 11) is 0. The van der Waals surface area contributed by atoms with Gasteiger partial charge in [-0.05, 0) is 17.3 Å². The maximum absolute atomic E-state index is 12.7. The van der Waals surface area contributed by atoms with Gasteiger partial charge < -0.3 is 25.2 Å². The molecule has 0 saturated carbocycles. The van der Waals surface area contributed by atoms with Crippen molar-refractivity contribution in [2.75, 3.05) is 39.5 Å². The highest BCUT2D eigenvalue weighted by Gasteiger charge is 2.28. The average molecular weight is 655 g/mol. The van der Waals surface area contributed by atoms with E-state index in [4.69, 9.17) is 14.6 Å². The Hall–Kier alpha value is -1.67. The zero-order chi connectivity index (χ0) is 35.1. The van der Waals surface area contributed by atoms with E-state index in [1.807, 2.05) is 41.5 Å². The van der Waals surface area contributed by atoms with E-state index < -0.39 is 11.4 Å². The molecule has 0 fully saturated rings. The van der Waals surface area contributed by atoms with E-state index in [-0.39, 0.29) is 34.5 Å². The molecule has 0 aromatic heterocycles. The maximum Gasteiger partial charge on any atom is 0.303 e. The van der Waals surface area contributed by atoms with Crippen LogP contribution < -0.4 is 10.6 Å². The first-order valence-electron chi connectivity index (χ1n) is 18.3. The first-order valence-corrected chi connectivity index (χ1v) is 18.3. The van der Waals surface area contributed by atoms with Gasteiger partial charge in [0.2, 0.25) is 11.8 Å². The van der Waals surface area contributed by atoms with Crippen molar-refractivity contribution in [3.8, 4) is 0 Å². The summed E-state index contributed by atoms with van der Waals surface area (Å²) in [5, 5.41) is 15.2. The van der Waals surface area contributed by atoms with Gasteiger partial charge in [0, 0.05) is 36.8 Å². The van der Waals surface area contributed by atoms with Gasteiger partial charge in [-0.2, -0.15) is 0 Å². The molecule has 8 heteroatoms. The van der Waals surface area contributed by atoms with Gasteiger partial charge in [0.25, 0.3) is 0 Å². The SMILES string of the molecule is CCCCCCCCCCCCCCCC(=O)NCC(C)(C)COCC(C)(C)CC(=O)NCC(C)(C)COCC(C)(C)CC(=O)O. The average Bonchev–Trinajstić information content (AvgIpc) is 2.92. The Kier molecular flexibility index (Phi) is 22.8. The third-order valence-corrected chi connectivity index (χ3v) is 8.28. The Morgan fingerprint density at radius 1 is 0.500 bits per heavy atom. The van der Waals surface area contributed by atoms with E-state index in [1.54, 1.807) is 0 Å². The molecule has 272 valence electrons. The quantitative estimate of drug-likeness (QED) is 0.0668. The van der Waals surface area contributed by atoms with Gasteiger partial charge in [0.05, 0.1) is 32.8 Å². The fraction of sp³-hybridized carbons (Fsp3) is 0.921. The highest BCUT2D eigenvalue weighted by molar-refractivity contribution is 5.76. The van der Waals surface area contributed by atoms with Crippen LogP contribution in [0.2, 0.25) is 0 Å². The molecule has 0 bridgehead atoms. The predicted octanol–water partition coefficient (Wildman–Crippen LogP) is 8.70. The molecule has 3 N–H and O–H groups in total. The first kappa shape index (κ1) is 44.3. The molecule has 0 atom stereocenters. The van der Waals surface area contributed by atoms with Crippen LogP contribution in [0.4, 0.5) is 0 Å². The van der Waals surface area contributed by atoms with Gasteiger partial charge in [-0.15, -0.1) is 0 Å². The number of hydrogen-bond donors (Lipinski definition) is 3. The van der Waals surface area contributed by atoms with Gasteiger partial charge in [-0.25, -0.2) is 0 Å². The summed E-state index contributed by atoms with van der Waals surface area (Å²) in [4.78, 5) is 36.1. The molecule has 0 aliphatic heterocycles. The first-order chi connectivity index (χ1) is 21.4. The van der Waals surface area contributed by atoms with E-state index in [9.17, 15) is 14.4 Å². The lowest BCUT2D eigenvalue weighted by molar-refractivity contribution is -0.140. The number of hydrogen-bond acceptors (Lipinski definition) is 5. The van der Waals surface area contributed by atoms with Crippen LogP contribution in [0.15, 0.2) is 0 Å². The number of carbonyl (C=O) groups excluding carboxylic acids is 2. The van der Waals surface area contributed by atoms with Crippen LogP contribution in [0.3, 0.4) is 0 Å². The van der Waals surface area contributed by atoms with Crippen molar-refractivity contribution in [3.05, 3.63) is 0 Å². The van der Waals surface area contributed by atoms with Gasteiger partial charge >= 0.3 is 5.97 Å². The molecule has 0 aromatic rings. The third kappa shape index (κ3) is 27.4. The monoisotopic (exact) mass is 655 g/mol. The van der Waals surface area contributed by atoms with Crippen LogP contribution in [0.25, 0.3) is 0 Å². The van der Waals surface area contributed by atoms with Crippen LogP contribution in [-0.2, 0) is 23.9 Å². The van der Waals surface area contributed by atoms with Gasteiger partial charge in [-0.3, -0.25) is 14.4 Å². The fourth-order valence-corrected chi connectivity index (χ4v) is 5.39. The zero-order valence-electron chi connectivity index (χ0n) is 31.5. The standard InChI is InChI=1S/C38H74N2O6/c1-10-11-12-13-14-15-16-17-18-19-20-21-22-23-32(41)39-26-37(6,7)30-45-28-35(2,3)24-33(42)40-27-38(8,9)31-46-29-36(4,5)25-34(43)44/h10-31H2,1-9H3,(H,39,41)(H,40,42)(H,43,44). The molecule has 46 heavy (non-hydrogen) atoms. The molecule has 2 amide bonds. The summed E-state index contributed by atoms with van der Waals surface area (Å²) < 4.78 is 11.9. The highest BCUT2D eigenvalue weighted by Crippen LogP contribution is 2.25. The number of aliphatic carboxylic acids is 1. The molecular formula is C38H74N2O6. The molecule has 0 aliphatic carbocycles. The number of carboxylic acids is 1. The van der Waals surface area contributed by atoms with Crippen molar-refractivity contribution < 1.29 is 29.0 Å². The number of nitrogens with one attached hydrogen (secondary N) is 2. The molecule has 8 nitrogen and oxygen atoms in total. The van der Waals surface area contributed by atoms with Crippen LogP contribution in [0.1, 0.15) is 165 Å². The number of amides is 2. The van der Waals surface area contributed by atoms with E-state index in [2.05, 4.69) is 31.4 Å². The second-order valence-electron chi connectivity index (χ2n) is 16.9. The van der Waals surface area contributed by atoms with Crippen LogP contribution in [0, 0.1) is 21.7 Å². The Bertz CT molecular complexity index is 837. The molecule has 0 heterocycles. The van der Waals surface area contributed by atoms with Crippen LogP contribution in [-0.4, -0.2) is 62.4 Å². The molecule has 0 unspecified atom stereocenters. The van der Waals surface area contributed by atoms with Crippen LogP contribution in [0.5, 0.6) is 0 Å². The number of unbranched alkanes of at least 4 members (excludes halogenated alkanes) is 12. The number of carbonyl (C=O) groups is 3. The van der Waals surface area contributed by atoms with Crippen molar-refractivity contribution >= 4 is 17.8 Å². The second kappa shape index (κ2) is 23.6. The van der Waals surface area contributed by atoms with E-state index in [0.29, 0.717) is 52.4 Å². The van der Waals surface area contributed by atoms with Crippen LogP contribution >= 0.6 is 0 Å². The minimum atomic E-state index is -0.836. The Morgan fingerprint density at radius 3 is 1.26 bits per heavy atom. The van der Waals surface area contributed by atoms with Crippen molar-refractivity contribution in [2.24, 2.45) is 21.7 Å². The topological polar surface area (TPSA) is 114 Å². The Labute approximate surface area is 283 Å². The van der Waals surface area contributed by atoms with E-state index >= 15 is 0 Å². The van der Waals surface area contributed by atoms with Gasteiger partial charge in [0.1, 0.15) is 0 Å². The van der Waals surface area contributed by atoms with E-state index in [1.165, 1.54) is 70.6 Å².